The van der Waals surface area contributed by atoms with Crippen molar-refractivity contribution in [3.8, 4) is 0 Å². The third-order valence-electron chi connectivity index (χ3n) is 5.56. The highest BCUT2D eigenvalue weighted by molar-refractivity contribution is 8.02. The number of ether oxygens (including phenoxy) is 1. The smallest absolute Gasteiger partial charge is 0.291 e. The van der Waals surface area contributed by atoms with Gasteiger partial charge in [-0.3, -0.25) is 14.5 Å². The number of para-hydroxylation sites is 1. The number of benzene rings is 2. The van der Waals surface area contributed by atoms with Crippen LogP contribution in [-0.4, -0.2) is 68.3 Å². The first-order valence-corrected chi connectivity index (χ1v) is 12.0. The molecule has 174 valence electrons. The Hall–Kier alpha value is -3.04. The number of anilines is 2. The highest BCUT2D eigenvalue weighted by Gasteiger charge is 2.19. The summed E-state index contributed by atoms with van der Waals surface area (Å²) < 4.78 is 19.3. The summed E-state index contributed by atoms with van der Waals surface area (Å²) in [5, 5.41) is 7.42. The van der Waals surface area contributed by atoms with E-state index >= 15 is 0 Å². The van der Waals surface area contributed by atoms with E-state index in [1.165, 1.54) is 6.07 Å². The van der Waals surface area contributed by atoms with Crippen LogP contribution in [0.4, 0.5) is 15.8 Å². The summed E-state index contributed by atoms with van der Waals surface area (Å²) >= 11 is 1.54. The predicted octanol–water partition coefficient (Wildman–Crippen LogP) is 2.92. The Morgan fingerprint density at radius 3 is 2.45 bits per heavy atom. The van der Waals surface area contributed by atoms with Gasteiger partial charge in [0.1, 0.15) is 5.82 Å². The summed E-state index contributed by atoms with van der Waals surface area (Å²) in [5.74, 6) is 0.497. The van der Waals surface area contributed by atoms with Crippen molar-refractivity contribution in [3.63, 3.8) is 0 Å². The Morgan fingerprint density at radius 1 is 1.00 bits per heavy atom. The van der Waals surface area contributed by atoms with E-state index in [1.807, 2.05) is 12.1 Å². The number of nitrogens with one attached hydrogen (secondary N) is 2. The quantitative estimate of drug-likeness (QED) is 0.648. The molecule has 0 aromatic heterocycles. The maximum absolute atomic E-state index is 14.0. The molecule has 1 saturated heterocycles. The van der Waals surface area contributed by atoms with E-state index in [2.05, 4.69) is 20.4 Å². The molecule has 1 fully saturated rings. The van der Waals surface area contributed by atoms with E-state index in [4.69, 9.17) is 4.74 Å². The molecule has 0 atom stereocenters. The molecule has 2 aliphatic heterocycles. The van der Waals surface area contributed by atoms with Crippen LogP contribution in [0.15, 0.2) is 59.7 Å². The lowest BCUT2D eigenvalue weighted by atomic mass is 10.2. The monoisotopic (exact) mass is 470 g/mol. The molecular formula is C24H27FN4O3S. The average molecular weight is 471 g/mol. The van der Waals surface area contributed by atoms with Gasteiger partial charge in [-0.15, -0.1) is 11.8 Å². The van der Waals surface area contributed by atoms with Gasteiger partial charge in [0.05, 0.1) is 12.3 Å². The number of carbonyl (C=O) groups excluding carboxylic acids is 2. The van der Waals surface area contributed by atoms with Gasteiger partial charge in [0, 0.05) is 61.7 Å². The SMILES string of the molecule is O=C(Nc1ccc(C(=O)NCCN2CCN(c3ccccc3F)CC2)cc1)C1=CSCCO1. The fraction of sp³-hybridized carbons (Fsp3) is 0.333. The molecule has 2 heterocycles. The Kier molecular flexibility index (Phi) is 7.85. The number of amides is 2. The molecule has 33 heavy (non-hydrogen) atoms. The van der Waals surface area contributed by atoms with Crippen molar-refractivity contribution >= 4 is 35.0 Å². The summed E-state index contributed by atoms with van der Waals surface area (Å²) in [4.78, 5) is 28.9. The summed E-state index contributed by atoms with van der Waals surface area (Å²) in [6, 6.07) is 13.6. The zero-order valence-electron chi connectivity index (χ0n) is 18.3. The number of hydrogen-bond donors (Lipinski definition) is 2. The maximum atomic E-state index is 14.0. The number of hydrogen-bond acceptors (Lipinski definition) is 6. The summed E-state index contributed by atoms with van der Waals surface area (Å²) in [6.45, 7) is 4.92. The van der Waals surface area contributed by atoms with Crippen LogP contribution in [0.2, 0.25) is 0 Å². The fourth-order valence-corrected chi connectivity index (χ4v) is 4.36. The Balaban J connectivity index is 1.18. The van der Waals surface area contributed by atoms with Crippen LogP contribution in [0.3, 0.4) is 0 Å². The molecule has 0 bridgehead atoms. The van der Waals surface area contributed by atoms with Crippen LogP contribution in [0.5, 0.6) is 0 Å². The summed E-state index contributed by atoms with van der Waals surface area (Å²) in [7, 11) is 0. The predicted molar refractivity (Wildman–Crippen MR) is 129 cm³/mol. The van der Waals surface area contributed by atoms with E-state index in [0.717, 1.165) is 38.5 Å². The van der Waals surface area contributed by atoms with Gasteiger partial charge in [-0.1, -0.05) is 12.1 Å². The van der Waals surface area contributed by atoms with Crippen molar-refractivity contribution in [2.75, 3.05) is 61.8 Å². The van der Waals surface area contributed by atoms with Crippen molar-refractivity contribution in [2.45, 2.75) is 0 Å². The molecule has 2 aromatic rings. The first-order chi connectivity index (χ1) is 16.1. The second-order valence-corrected chi connectivity index (χ2v) is 8.75. The van der Waals surface area contributed by atoms with E-state index in [1.54, 1.807) is 47.5 Å². The van der Waals surface area contributed by atoms with Crippen molar-refractivity contribution in [1.82, 2.24) is 10.2 Å². The van der Waals surface area contributed by atoms with E-state index < -0.39 is 0 Å². The number of nitrogens with zero attached hydrogens (tertiary/aromatic N) is 2. The molecule has 2 N–H and O–H groups in total. The Bertz CT molecular complexity index is 1010. The Morgan fingerprint density at radius 2 is 1.76 bits per heavy atom. The second-order valence-electron chi connectivity index (χ2n) is 7.77. The van der Waals surface area contributed by atoms with Gasteiger partial charge in [0.15, 0.2) is 5.76 Å². The van der Waals surface area contributed by atoms with Gasteiger partial charge in [-0.05, 0) is 36.4 Å². The lowest BCUT2D eigenvalue weighted by Gasteiger charge is -2.36. The van der Waals surface area contributed by atoms with Crippen LogP contribution in [-0.2, 0) is 9.53 Å². The van der Waals surface area contributed by atoms with Crippen LogP contribution in [0, 0.1) is 5.82 Å². The molecule has 0 spiro atoms. The van der Waals surface area contributed by atoms with E-state index in [9.17, 15) is 14.0 Å². The largest absolute Gasteiger partial charge is 0.487 e. The molecule has 7 nitrogen and oxygen atoms in total. The minimum atomic E-state index is -0.297. The zero-order chi connectivity index (χ0) is 23.0. The molecular weight excluding hydrogens is 443 g/mol. The number of halogens is 1. The molecule has 0 aliphatic carbocycles. The van der Waals surface area contributed by atoms with Crippen LogP contribution in [0.1, 0.15) is 10.4 Å². The van der Waals surface area contributed by atoms with E-state index in [-0.39, 0.29) is 17.6 Å². The van der Waals surface area contributed by atoms with Gasteiger partial charge in [-0.25, -0.2) is 4.39 Å². The minimum absolute atomic E-state index is 0.160. The highest BCUT2D eigenvalue weighted by Crippen LogP contribution is 2.20. The molecule has 0 radical (unpaired) electrons. The maximum Gasteiger partial charge on any atom is 0.291 e. The van der Waals surface area contributed by atoms with Crippen molar-refractivity contribution in [3.05, 3.63) is 71.1 Å². The molecule has 2 aromatic carbocycles. The van der Waals surface area contributed by atoms with Gasteiger partial charge in [0.2, 0.25) is 0 Å². The van der Waals surface area contributed by atoms with Gasteiger partial charge >= 0.3 is 0 Å². The average Bonchev–Trinajstić information content (AvgIpc) is 2.86. The van der Waals surface area contributed by atoms with Gasteiger partial charge in [-0.2, -0.15) is 0 Å². The second kappa shape index (κ2) is 11.2. The Labute approximate surface area is 197 Å². The minimum Gasteiger partial charge on any atom is -0.487 e. The first kappa shape index (κ1) is 23.1. The molecule has 0 unspecified atom stereocenters. The summed E-state index contributed by atoms with van der Waals surface area (Å²) in [6.07, 6.45) is 0. The normalized spacial score (nSPS) is 16.5. The molecule has 9 heteroatoms. The number of carbonyl (C=O) groups is 2. The zero-order valence-corrected chi connectivity index (χ0v) is 19.1. The molecule has 0 saturated carbocycles. The molecule has 4 rings (SSSR count). The standard InChI is InChI=1S/C24H27FN4O3S/c25-20-3-1-2-4-21(20)29-13-11-28(12-14-29)10-9-26-23(30)18-5-7-19(8-6-18)27-24(31)22-17-33-16-15-32-22/h1-8,17H,9-16H2,(H,26,30)(H,27,31). The molecule has 2 aliphatic rings. The first-order valence-electron chi connectivity index (χ1n) is 11.0. The van der Waals surface area contributed by atoms with Crippen molar-refractivity contribution < 1.29 is 18.7 Å². The van der Waals surface area contributed by atoms with Gasteiger partial charge in [0.25, 0.3) is 11.8 Å². The number of thioether (sulfide) groups is 1. The lowest BCUT2D eigenvalue weighted by molar-refractivity contribution is -0.116. The van der Waals surface area contributed by atoms with E-state index in [0.29, 0.717) is 35.8 Å². The van der Waals surface area contributed by atoms with Crippen molar-refractivity contribution in [2.24, 2.45) is 0 Å². The van der Waals surface area contributed by atoms with Crippen molar-refractivity contribution in [1.29, 1.82) is 0 Å². The lowest BCUT2D eigenvalue weighted by Crippen LogP contribution is -2.48. The third-order valence-corrected chi connectivity index (χ3v) is 6.34. The third kappa shape index (κ3) is 6.27. The fourth-order valence-electron chi connectivity index (χ4n) is 3.74. The van der Waals surface area contributed by atoms with Crippen LogP contribution >= 0.6 is 11.8 Å². The van der Waals surface area contributed by atoms with Gasteiger partial charge < -0.3 is 20.3 Å². The molecule has 2 amide bonds. The summed E-state index contributed by atoms with van der Waals surface area (Å²) in [5.41, 5.74) is 1.78. The van der Waals surface area contributed by atoms with Crippen LogP contribution in [0.25, 0.3) is 0 Å². The number of rotatable bonds is 7. The highest BCUT2D eigenvalue weighted by atomic mass is 32.2. The van der Waals surface area contributed by atoms with Crippen LogP contribution < -0.4 is 15.5 Å². The number of piperazine rings is 1. The topological polar surface area (TPSA) is 73.9 Å².